The van der Waals surface area contributed by atoms with Gasteiger partial charge in [-0.3, -0.25) is 0 Å². The van der Waals surface area contributed by atoms with Gasteiger partial charge in [0.1, 0.15) is 4.99 Å². The zero-order chi connectivity index (χ0) is 14.6. The van der Waals surface area contributed by atoms with Crippen LogP contribution in [0.3, 0.4) is 0 Å². The quantitative estimate of drug-likeness (QED) is 0.807. The molecule has 1 aromatic rings. The molecule has 0 saturated heterocycles. The van der Waals surface area contributed by atoms with Crippen molar-refractivity contribution in [2.45, 2.75) is 38.9 Å². The Morgan fingerprint density at radius 1 is 1.32 bits per heavy atom. The molecule has 0 radical (unpaired) electrons. The lowest BCUT2D eigenvalue weighted by Crippen LogP contribution is -2.20. The molecule has 19 heavy (non-hydrogen) atoms. The molecular weight excluding hydrogens is 273 g/mol. The molecule has 0 aliphatic heterocycles. The zero-order valence-corrected chi connectivity index (χ0v) is 11.7. The zero-order valence-electron chi connectivity index (χ0n) is 10.8. The average molecular weight is 290 g/mol. The van der Waals surface area contributed by atoms with Gasteiger partial charge in [-0.05, 0) is 31.0 Å². The summed E-state index contributed by atoms with van der Waals surface area (Å²) in [6.07, 6.45) is -2.67. The average Bonchev–Trinajstić information content (AvgIpc) is 2.34. The first kappa shape index (κ1) is 15.8. The Morgan fingerprint density at radius 3 is 2.32 bits per heavy atom. The largest absolute Gasteiger partial charge is 0.417 e. The monoisotopic (exact) mass is 290 g/mol. The number of alkyl halides is 3. The molecule has 0 amide bonds. The third kappa shape index (κ3) is 4.09. The van der Waals surface area contributed by atoms with Crippen LogP contribution in [0.4, 0.5) is 18.9 Å². The normalized spacial score (nSPS) is 11.7. The van der Waals surface area contributed by atoms with Gasteiger partial charge >= 0.3 is 6.18 Å². The molecule has 106 valence electrons. The van der Waals surface area contributed by atoms with E-state index in [1.165, 1.54) is 12.1 Å². The summed E-state index contributed by atoms with van der Waals surface area (Å²) < 4.78 is 38.4. The number of thiocarbonyl (C=S) groups is 1. The maximum absolute atomic E-state index is 12.8. The fourth-order valence-electron chi connectivity index (χ4n) is 1.81. The Kier molecular flexibility index (Phi) is 5.17. The van der Waals surface area contributed by atoms with Gasteiger partial charge in [-0.15, -0.1) is 0 Å². The molecule has 1 rings (SSSR count). The molecule has 0 bridgehead atoms. The number of rotatable bonds is 5. The van der Waals surface area contributed by atoms with Gasteiger partial charge in [0.15, 0.2) is 0 Å². The number of benzene rings is 1. The van der Waals surface area contributed by atoms with Crippen LogP contribution < -0.4 is 11.1 Å². The first-order valence-electron chi connectivity index (χ1n) is 6.07. The van der Waals surface area contributed by atoms with Gasteiger partial charge in [0.25, 0.3) is 0 Å². The van der Waals surface area contributed by atoms with Crippen LogP contribution in [-0.2, 0) is 6.18 Å². The van der Waals surface area contributed by atoms with Crippen molar-refractivity contribution in [1.29, 1.82) is 0 Å². The molecule has 6 heteroatoms. The Hall–Kier alpha value is -1.30. The summed E-state index contributed by atoms with van der Waals surface area (Å²) in [6.45, 7) is 4.03. The molecule has 0 saturated carbocycles. The molecule has 0 aliphatic rings. The fraction of sp³-hybridized carbons (Fsp3) is 0.462. The van der Waals surface area contributed by atoms with E-state index < -0.39 is 11.7 Å². The van der Waals surface area contributed by atoms with Crippen molar-refractivity contribution < 1.29 is 13.2 Å². The lowest BCUT2D eigenvalue weighted by Gasteiger charge is -2.19. The predicted octanol–water partition coefficient (Wildman–Crippen LogP) is 3.94. The molecule has 0 atom stereocenters. The number of hydrogen-bond donors (Lipinski definition) is 2. The maximum Gasteiger partial charge on any atom is 0.417 e. The minimum atomic E-state index is -4.45. The summed E-state index contributed by atoms with van der Waals surface area (Å²) in [7, 11) is 0. The molecule has 1 aromatic carbocycles. The van der Waals surface area contributed by atoms with E-state index in [0.717, 1.165) is 18.9 Å². The van der Waals surface area contributed by atoms with E-state index in [2.05, 4.69) is 5.32 Å². The van der Waals surface area contributed by atoms with Crippen molar-refractivity contribution in [2.75, 3.05) is 5.32 Å². The van der Waals surface area contributed by atoms with E-state index in [-0.39, 0.29) is 16.6 Å². The van der Waals surface area contributed by atoms with Gasteiger partial charge in [-0.25, -0.2) is 0 Å². The lowest BCUT2D eigenvalue weighted by atomic mass is 10.0. The number of nitrogens with two attached hydrogens (primary N) is 1. The van der Waals surface area contributed by atoms with Crippen molar-refractivity contribution in [3.8, 4) is 0 Å². The fourth-order valence-corrected chi connectivity index (χ4v) is 1.98. The third-order valence-corrected chi connectivity index (χ3v) is 3.17. The number of anilines is 1. The highest BCUT2D eigenvalue weighted by Gasteiger charge is 2.34. The van der Waals surface area contributed by atoms with Crippen LogP contribution in [0.1, 0.15) is 37.8 Å². The molecule has 0 aliphatic carbocycles. The Balaban J connectivity index is 3.13. The van der Waals surface area contributed by atoms with Crippen molar-refractivity contribution >= 4 is 22.9 Å². The van der Waals surface area contributed by atoms with Crippen molar-refractivity contribution in [2.24, 2.45) is 5.73 Å². The number of nitrogens with one attached hydrogen (secondary N) is 1. The Morgan fingerprint density at radius 2 is 1.89 bits per heavy atom. The van der Waals surface area contributed by atoms with E-state index in [0.29, 0.717) is 5.69 Å². The van der Waals surface area contributed by atoms with Gasteiger partial charge in [0, 0.05) is 17.3 Å². The second kappa shape index (κ2) is 6.23. The third-order valence-electron chi connectivity index (χ3n) is 2.95. The predicted molar refractivity (Wildman–Crippen MR) is 75.3 cm³/mol. The lowest BCUT2D eigenvalue weighted by molar-refractivity contribution is -0.137. The summed E-state index contributed by atoms with van der Waals surface area (Å²) >= 11 is 4.70. The minimum absolute atomic E-state index is 0.140. The first-order valence-corrected chi connectivity index (χ1v) is 6.48. The van der Waals surface area contributed by atoms with Crippen LogP contribution >= 0.6 is 12.2 Å². The Labute approximate surface area is 116 Å². The van der Waals surface area contributed by atoms with Crippen LogP contribution in [0, 0.1) is 0 Å². The maximum atomic E-state index is 12.8. The number of halogens is 3. The second-order valence-electron chi connectivity index (χ2n) is 4.28. The smallest absolute Gasteiger partial charge is 0.389 e. The summed E-state index contributed by atoms with van der Waals surface area (Å²) in [5.41, 5.74) is 5.04. The molecule has 0 spiro atoms. The molecule has 2 nitrogen and oxygen atoms in total. The summed E-state index contributed by atoms with van der Waals surface area (Å²) in [5, 5.41) is 3.17. The van der Waals surface area contributed by atoms with Gasteiger partial charge in [0.2, 0.25) is 0 Å². The summed E-state index contributed by atoms with van der Waals surface area (Å²) in [4.78, 5) is -0.250. The SMILES string of the molecule is CCC(CC)Nc1ccc(C(F)(F)F)c(C(N)=S)c1. The van der Waals surface area contributed by atoms with Crippen molar-refractivity contribution in [3.05, 3.63) is 29.3 Å². The standard InChI is InChI=1S/C13H17F3N2S/c1-3-8(4-2)18-9-5-6-11(13(14,15)16)10(7-9)12(17)19/h5-8,18H,3-4H2,1-2H3,(H2,17,19). The molecule has 0 aromatic heterocycles. The first-order chi connectivity index (χ1) is 8.79. The second-order valence-corrected chi connectivity index (χ2v) is 4.72. The molecule has 0 unspecified atom stereocenters. The van der Waals surface area contributed by atoms with Gasteiger partial charge in [-0.2, -0.15) is 13.2 Å². The van der Waals surface area contributed by atoms with Crippen LogP contribution in [0.15, 0.2) is 18.2 Å². The van der Waals surface area contributed by atoms with E-state index >= 15 is 0 Å². The summed E-state index contributed by atoms with van der Waals surface area (Å²) in [5.74, 6) is 0. The molecule has 0 fully saturated rings. The highest BCUT2D eigenvalue weighted by Crippen LogP contribution is 2.33. The van der Waals surface area contributed by atoms with Gasteiger partial charge in [0.05, 0.1) is 5.56 Å². The highest BCUT2D eigenvalue weighted by molar-refractivity contribution is 7.80. The van der Waals surface area contributed by atoms with E-state index in [9.17, 15) is 13.2 Å². The highest BCUT2D eigenvalue weighted by atomic mass is 32.1. The van der Waals surface area contributed by atoms with Crippen LogP contribution in [0.25, 0.3) is 0 Å². The molecule has 0 heterocycles. The van der Waals surface area contributed by atoms with Crippen LogP contribution in [0.5, 0.6) is 0 Å². The van der Waals surface area contributed by atoms with Crippen molar-refractivity contribution in [1.82, 2.24) is 0 Å². The van der Waals surface area contributed by atoms with E-state index in [1.54, 1.807) is 0 Å². The topological polar surface area (TPSA) is 38.0 Å². The van der Waals surface area contributed by atoms with E-state index in [4.69, 9.17) is 18.0 Å². The Bertz CT molecular complexity index is 454. The number of hydrogen-bond acceptors (Lipinski definition) is 2. The van der Waals surface area contributed by atoms with Gasteiger partial charge in [-0.1, -0.05) is 26.1 Å². The summed E-state index contributed by atoms with van der Waals surface area (Å²) in [6, 6.07) is 4.00. The van der Waals surface area contributed by atoms with Crippen molar-refractivity contribution in [3.63, 3.8) is 0 Å². The molecule has 3 N–H and O–H groups in total. The minimum Gasteiger partial charge on any atom is -0.389 e. The molecular formula is C13H17F3N2S. The van der Waals surface area contributed by atoms with Gasteiger partial charge < -0.3 is 11.1 Å². The van der Waals surface area contributed by atoms with Crippen LogP contribution in [0.2, 0.25) is 0 Å². The van der Waals surface area contributed by atoms with Crippen LogP contribution in [-0.4, -0.2) is 11.0 Å². The van der Waals surface area contributed by atoms with E-state index in [1.807, 2.05) is 13.8 Å².